The van der Waals surface area contributed by atoms with Gasteiger partial charge in [0.2, 0.25) is 0 Å². The SMILES string of the molecule is CC(C)(C)NCc1ccc(-n2cc(Cl)cn2)c(C#N)c1. The zero-order valence-corrected chi connectivity index (χ0v) is 12.6. The van der Waals surface area contributed by atoms with Crippen LogP contribution in [0.1, 0.15) is 31.9 Å². The molecule has 1 N–H and O–H groups in total. The third-order valence-electron chi connectivity index (χ3n) is 2.80. The summed E-state index contributed by atoms with van der Waals surface area (Å²) >= 11 is 5.86. The van der Waals surface area contributed by atoms with Gasteiger partial charge in [0.1, 0.15) is 6.07 Å². The highest BCUT2D eigenvalue weighted by atomic mass is 35.5. The molecule has 0 fully saturated rings. The van der Waals surface area contributed by atoms with Gasteiger partial charge in [-0.1, -0.05) is 17.7 Å². The molecule has 2 rings (SSSR count). The summed E-state index contributed by atoms with van der Waals surface area (Å²) in [7, 11) is 0. The summed E-state index contributed by atoms with van der Waals surface area (Å²) < 4.78 is 1.61. The number of benzene rings is 1. The van der Waals surface area contributed by atoms with Gasteiger partial charge in [-0.25, -0.2) is 4.68 Å². The Morgan fingerprint density at radius 3 is 2.70 bits per heavy atom. The molecule has 1 heterocycles. The molecule has 0 unspecified atom stereocenters. The van der Waals surface area contributed by atoms with Crippen molar-refractivity contribution in [3.05, 3.63) is 46.7 Å². The molecule has 1 aromatic heterocycles. The second-order valence-electron chi connectivity index (χ2n) is 5.67. The average Bonchev–Trinajstić information content (AvgIpc) is 2.81. The molecule has 0 radical (unpaired) electrons. The van der Waals surface area contributed by atoms with Gasteiger partial charge in [-0.05, 0) is 38.5 Å². The Morgan fingerprint density at radius 1 is 1.40 bits per heavy atom. The molecule has 0 aliphatic rings. The number of nitriles is 1. The zero-order valence-electron chi connectivity index (χ0n) is 11.8. The lowest BCUT2D eigenvalue weighted by molar-refractivity contribution is 0.424. The first-order valence-electron chi connectivity index (χ1n) is 6.38. The normalized spacial score (nSPS) is 11.3. The Balaban J connectivity index is 2.27. The number of halogens is 1. The van der Waals surface area contributed by atoms with Crippen LogP contribution in [0.4, 0.5) is 0 Å². The number of nitrogens with one attached hydrogen (secondary N) is 1. The molecule has 0 aliphatic heterocycles. The fourth-order valence-electron chi connectivity index (χ4n) is 1.78. The largest absolute Gasteiger partial charge is 0.308 e. The van der Waals surface area contributed by atoms with E-state index in [0.717, 1.165) is 17.8 Å². The molecular formula is C15H17ClN4. The summed E-state index contributed by atoms with van der Waals surface area (Å²) in [6, 6.07) is 7.97. The van der Waals surface area contributed by atoms with Gasteiger partial charge in [-0.2, -0.15) is 10.4 Å². The van der Waals surface area contributed by atoms with Crippen LogP contribution < -0.4 is 5.32 Å². The maximum atomic E-state index is 9.29. The summed E-state index contributed by atoms with van der Waals surface area (Å²) in [5, 5.41) is 17.4. The standard InChI is InChI=1S/C15H17ClN4/c1-15(2,3)18-8-11-4-5-14(12(6-11)7-17)20-10-13(16)9-19-20/h4-6,9-10,18H,8H2,1-3H3. The molecule has 0 saturated heterocycles. The van der Waals surface area contributed by atoms with Gasteiger partial charge in [0.15, 0.2) is 0 Å². The van der Waals surface area contributed by atoms with Crippen LogP contribution in [0.5, 0.6) is 0 Å². The van der Waals surface area contributed by atoms with Crippen LogP contribution in [0.3, 0.4) is 0 Å². The third-order valence-corrected chi connectivity index (χ3v) is 3.00. The van der Waals surface area contributed by atoms with E-state index in [1.54, 1.807) is 17.1 Å². The molecule has 0 amide bonds. The molecule has 0 saturated carbocycles. The molecule has 1 aromatic carbocycles. The minimum absolute atomic E-state index is 0.0426. The second kappa shape index (κ2) is 5.66. The number of aromatic nitrogens is 2. The van der Waals surface area contributed by atoms with Crippen LogP contribution in [-0.4, -0.2) is 15.3 Å². The van der Waals surface area contributed by atoms with Gasteiger partial charge >= 0.3 is 0 Å². The number of rotatable bonds is 3. The Kier molecular flexibility index (Phi) is 4.12. The summed E-state index contributed by atoms with van der Waals surface area (Å²) in [5.74, 6) is 0. The average molecular weight is 289 g/mol. The number of nitrogens with zero attached hydrogens (tertiary/aromatic N) is 3. The molecule has 0 atom stereocenters. The highest BCUT2D eigenvalue weighted by Crippen LogP contribution is 2.18. The Morgan fingerprint density at radius 2 is 2.15 bits per heavy atom. The lowest BCUT2D eigenvalue weighted by atomic mass is 10.1. The summed E-state index contributed by atoms with van der Waals surface area (Å²) in [4.78, 5) is 0. The Hall–Kier alpha value is -1.83. The monoisotopic (exact) mass is 288 g/mol. The van der Waals surface area contributed by atoms with Crippen LogP contribution in [-0.2, 0) is 6.54 Å². The maximum absolute atomic E-state index is 9.29. The van der Waals surface area contributed by atoms with Crippen molar-refractivity contribution in [2.45, 2.75) is 32.9 Å². The van der Waals surface area contributed by atoms with Crippen molar-refractivity contribution in [1.29, 1.82) is 5.26 Å². The van der Waals surface area contributed by atoms with Crippen molar-refractivity contribution < 1.29 is 0 Å². The summed E-state index contributed by atoms with van der Waals surface area (Å²) in [5.41, 5.74) is 2.43. The first kappa shape index (κ1) is 14.6. The van der Waals surface area contributed by atoms with Gasteiger partial charge in [0.05, 0.1) is 22.5 Å². The molecular weight excluding hydrogens is 272 g/mol. The molecule has 20 heavy (non-hydrogen) atoms. The van der Waals surface area contributed by atoms with Crippen LogP contribution in [0.15, 0.2) is 30.6 Å². The summed E-state index contributed by atoms with van der Waals surface area (Å²) in [6.45, 7) is 7.05. The molecule has 0 spiro atoms. The van der Waals surface area contributed by atoms with Crippen molar-refractivity contribution in [3.8, 4) is 11.8 Å². The number of hydrogen-bond acceptors (Lipinski definition) is 3. The maximum Gasteiger partial charge on any atom is 0.101 e. The van der Waals surface area contributed by atoms with Crippen molar-refractivity contribution in [1.82, 2.24) is 15.1 Å². The highest BCUT2D eigenvalue weighted by molar-refractivity contribution is 6.30. The van der Waals surface area contributed by atoms with Gasteiger partial charge in [-0.3, -0.25) is 0 Å². The fourth-order valence-corrected chi connectivity index (χ4v) is 1.92. The van der Waals surface area contributed by atoms with Gasteiger partial charge < -0.3 is 5.32 Å². The van der Waals surface area contributed by atoms with Crippen LogP contribution >= 0.6 is 11.6 Å². The Labute approximate surface area is 124 Å². The van der Waals surface area contributed by atoms with Crippen molar-refractivity contribution in [3.63, 3.8) is 0 Å². The molecule has 104 valence electrons. The lowest BCUT2D eigenvalue weighted by Gasteiger charge is -2.20. The Bertz CT molecular complexity index is 647. The van der Waals surface area contributed by atoms with E-state index in [1.807, 2.05) is 18.2 Å². The third kappa shape index (κ3) is 3.60. The predicted molar refractivity (Wildman–Crippen MR) is 79.9 cm³/mol. The van der Waals surface area contributed by atoms with E-state index in [9.17, 15) is 5.26 Å². The van der Waals surface area contributed by atoms with Crippen molar-refractivity contribution in [2.75, 3.05) is 0 Å². The van der Waals surface area contributed by atoms with Crippen molar-refractivity contribution >= 4 is 11.6 Å². The van der Waals surface area contributed by atoms with E-state index in [-0.39, 0.29) is 5.54 Å². The molecule has 0 bridgehead atoms. The van der Waals surface area contributed by atoms with Gasteiger partial charge in [0, 0.05) is 18.3 Å². The van der Waals surface area contributed by atoms with E-state index in [0.29, 0.717) is 10.6 Å². The minimum Gasteiger partial charge on any atom is -0.308 e. The van der Waals surface area contributed by atoms with Crippen LogP contribution in [0.25, 0.3) is 5.69 Å². The van der Waals surface area contributed by atoms with E-state index < -0.39 is 0 Å². The minimum atomic E-state index is 0.0426. The lowest BCUT2D eigenvalue weighted by Crippen LogP contribution is -2.35. The molecule has 2 aromatic rings. The van der Waals surface area contributed by atoms with Gasteiger partial charge in [-0.15, -0.1) is 0 Å². The predicted octanol–water partition coefficient (Wildman–Crippen LogP) is 3.29. The fraction of sp³-hybridized carbons (Fsp3) is 0.333. The second-order valence-corrected chi connectivity index (χ2v) is 6.11. The van der Waals surface area contributed by atoms with Gasteiger partial charge in [0.25, 0.3) is 0 Å². The van der Waals surface area contributed by atoms with Crippen molar-refractivity contribution in [2.24, 2.45) is 0 Å². The smallest absolute Gasteiger partial charge is 0.101 e. The zero-order chi connectivity index (χ0) is 14.8. The number of hydrogen-bond donors (Lipinski definition) is 1. The van der Waals surface area contributed by atoms with E-state index >= 15 is 0 Å². The topological polar surface area (TPSA) is 53.6 Å². The first-order valence-corrected chi connectivity index (χ1v) is 6.75. The van der Waals surface area contributed by atoms with E-state index in [4.69, 9.17) is 11.6 Å². The molecule has 4 nitrogen and oxygen atoms in total. The van der Waals surface area contributed by atoms with E-state index in [1.165, 1.54) is 0 Å². The summed E-state index contributed by atoms with van der Waals surface area (Å²) in [6.07, 6.45) is 3.24. The van der Waals surface area contributed by atoms with E-state index in [2.05, 4.69) is 37.3 Å². The van der Waals surface area contributed by atoms with Crippen LogP contribution in [0.2, 0.25) is 5.02 Å². The molecule has 5 heteroatoms. The quantitative estimate of drug-likeness (QED) is 0.943. The first-order chi connectivity index (χ1) is 9.39. The molecule has 0 aliphatic carbocycles. The highest BCUT2D eigenvalue weighted by Gasteiger charge is 2.11. The van der Waals surface area contributed by atoms with Crippen LogP contribution in [0, 0.1) is 11.3 Å².